The zero-order valence-electron chi connectivity index (χ0n) is 44.4. The summed E-state index contributed by atoms with van der Waals surface area (Å²) >= 11 is 11.5. The predicted octanol–water partition coefficient (Wildman–Crippen LogP) is 13.7. The lowest BCUT2D eigenvalue weighted by Gasteiger charge is -2.28. The Morgan fingerprint density at radius 3 is 0.905 bits per heavy atom. The molecule has 0 amide bonds. The minimum atomic E-state index is -0.714. The van der Waals surface area contributed by atoms with Crippen molar-refractivity contribution in [3.8, 4) is 34.5 Å². The van der Waals surface area contributed by atoms with E-state index in [1.54, 1.807) is 36.4 Å². The molecule has 12 heteroatoms. The van der Waals surface area contributed by atoms with E-state index < -0.39 is 45.5 Å². The molecule has 6 aromatic rings. The molecule has 0 radical (unpaired) electrons. The fourth-order valence-electron chi connectivity index (χ4n) is 8.90. The van der Waals surface area contributed by atoms with Gasteiger partial charge in [-0.05, 0) is 103 Å². The number of phenolic OH excluding ortho intramolecular Hbond substituents is 2. The summed E-state index contributed by atoms with van der Waals surface area (Å²) in [6, 6.07) is 28.2. The van der Waals surface area contributed by atoms with Gasteiger partial charge in [-0.1, -0.05) is 144 Å². The number of carbonyl (C=O) groups is 4. The Balaban J connectivity index is 1.53. The molecule has 0 fully saturated rings. The number of halogens is 2. The Labute approximate surface area is 444 Å². The molecule has 1 aliphatic rings. The molecule has 8 bridgehead atoms. The van der Waals surface area contributed by atoms with Crippen LogP contribution in [0.5, 0.6) is 34.5 Å². The summed E-state index contributed by atoms with van der Waals surface area (Å²) < 4.78 is 23.8. The maximum Gasteiger partial charge on any atom is 0.343 e. The van der Waals surface area contributed by atoms with E-state index in [1.165, 1.54) is 12.1 Å². The molecule has 0 saturated heterocycles. The van der Waals surface area contributed by atoms with E-state index in [-0.39, 0.29) is 83.1 Å². The van der Waals surface area contributed by atoms with Crippen molar-refractivity contribution in [1.29, 1.82) is 0 Å². The predicted molar refractivity (Wildman–Crippen MR) is 291 cm³/mol. The first-order chi connectivity index (χ1) is 34.5. The molecule has 388 valence electrons. The van der Waals surface area contributed by atoms with Gasteiger partial charge >= 0.3 is 23.9 Å². The first-order valence-corrected chi connectivity index (χ1v) is 25.8. The molecular weight excluding hydrogens is 976 g/mol. The van der Waals surface area contributed by atoms with Crippen LogP contribution in [0.15, 0.2) is 97.1 Å². The van der Waals surface area contributed by atoms with E-state index in [2.05, 4.69) is 83.1 Å². The Bertz CT molecular complexity index is 2870. The highest BCUT2D eigenvalue weighted by Crippen LogP contribution is 2.44. The lowest BCUT2D eigenvalue weighted by molar-refractivity contribution is -0.132. The van der Waals surface area contributed by atoms with Gasteiger partial charge in [0.2, 0.25) is 0 Å². The molecule has 10 nitrogen and oxygen atoms in total. The van der Waals surface area contributed by atoms with E-state index in [1.807, 2.05) is 48.5 Å². The number of alkyl halides is 2. The van der Waals surface area contributed by atoms with Gasteiger partial charge in [0.25, 0.3) is 0 Å². The van der Waals surface area contributed by atoms with Gasteiger partial charge in [-0.3, -0.25) is 9.59 Å². The van der Waals surface area contributed by atoms with Crippen LogP contribution in [0.3, 0.4) is 0 Å². The van der Waals surface area contributed by atoms with Gasteiger partial charge in [0.15, 0.2) is 0 Å². The molecule has 0 aromatic heterocycles. The molecule has 0 unspecified atom stereocenters. The summed E-state index contributed by atoms with van der Waals surface area (Å²) in [6.07, 6.45) is 0.479. The number of esters is 4. The molecule has 6 aromatic carbocycles. The number of hydrogen-bond acceptors (Lipinski definition) is 10. The molecule has 0 heterocycles. The van der Waals surface area contributed by atoms with E-state index in [0.29, 0.717) is 44.5 Å². The van der Waals surface area contributed by atoms with Crippen molar-refractivity contribution < 1.29 is 48.3 Å². The van der Waals surface area contributed by atoms with Crippen LogP contribution in [0.25, 0.3) is 0 Å². The molecule has 0 aliphatic heterocycles. The van der Waals surface area contributed by atoms with Crippen LogP contribution >= 0.6 is 23.2 Å². The monoisotopic (exact) mass is 1040 g/mol. The standard InChI is InChI=1S/C62H66Cl2O10/c1-59(2,3)45-23-37-19-41-27-47(61(7,8)9)29-43(55(41)73-57(69)35-15-13-17-49(31-35)71-51(65)33-63)21-39-25-46(60(4,5)6)26-40(54(39)68)22-44-30-48(62(10,11)12)28-42(20-38(24-45)53(37)67)56(44)74-58(70)36-16-14-18-50(32-36)72-52(66)34-64/h13-18,23-32,67-68H,19-22,33-34H2,1-12H3. The molecular formula is C62H66Cl2O10. The Morgan fingerprint density at radius 2 is 0.662 bits per heavy atom. The molecule has 0 spiro atoms. The molecule has 0 atom stereocenters. The first-order valence-electron chi connectivity index (χ1n) is 24.7. The molecule has 74 heavy (non-hydrogen) atoms. The molecule has 2 N–H and O–H groups in total. The van der Waals surface area contributed by atoms with Gasteiger partial charge in [0.05, 0.1) is 11.1 Å². The van der Waals surface area contributed by atoms with Crippen LogP contribution in [0, 0.1) is 0 Å². The summed E-state index contributed by atoms with van der Waals surface area (Å²) in [5, 5.41) is 25.4. The Morgan fingerprint density at radius 1 is 0.405 bits per heavy atom. The minimum absolute atomic E-state index is 0.0189. The third-order valence-corrected chi connectivity index (χ3v) is 13.7. The van der Waals surface area contributed by atoms with Gasteiger partial charge in [0.1, 0.15) is 46.3 Å². The topological polar surface area (TPSA) is 146 Å². The average Bonchev–Trinajstić information content (AvgIpc) is 3.31. The average molecular weight is 1040 g/mol. The SMILES string of the molecule is CC(C)(C)c1cc2c(O)c(c1)Cc1cc(C(C)(C)C)cc(c1OC(=O)c1cccc(OC(=O)CCl)c1)Cc1cc(C(C)(C)C)cc(c1O)Cc1cc(C(C)(C)C)cc(c1OC(=O)c1cccc(OC(=O)CCl)c1)C2. The third kappa shape index (κ3) is 12.8. The number of carbonyl (C=O) groups excluding carboxylic acids is 4. The minimum Gasteiger partial charge on any atom is -0.507 e. The van der Waals surface area contributed by atoms with E-state index >= 15 is 0 Å². The van der Waals surface area contributed by atoms with Gasteiger partial charge in [0, 0.05) is 47.9 Å². The zero-order valence-corrected chi connectivity index (χ0v) is 45.9. The second-order valence-corrected chi connectivity index (χ2v) is 23.8. The van der Waals surface area contributed by atoms with Crippen molar-refractivity contribution in [2.45, 2.75) is 130 Å². The number of aromatic hydroxyl groups is 2. The maximum atomic E-state index is 14.5. The van der Waals surface area contributed by atoms with Crippen molar-refractivity contribution in [2.24, 2.45) is 0 Å². The van der Waals surface area contributed by atoms with Crippen molar-refractivity contribution in [3.63, 3.8) is 0 Å². The highest BCUT2D eigenvalue weighted by molar-refractivity contribution is 6.27. The van der Waals surface area contributed by atoms with E-state index in [0.717, 1.165) is 22.3 Å². The number of ether oxygens (including phenoxy) is 4. The first kappa shape index (κ1) is 55.1. The third-order valence-electron chi connectivity index (χ3n) is 13.2. The fraction of sp³-hybridized carbons (Fsp3) is 0.355. The van der Waals surface area contributed by atoms with Crippen molar-refractivity contribution >= 4 is 47.1 Å². The summed E-state index contributed by atoms with van der Waals surface area (Å²) in [5.74, 6) is -2.72. The van der Waals surface area contributed by atoms with E-state index in [9.17, 15) is 29.4 Å². The van der Waals surface area contributed by atoms with Crippen LogP contribution in [0.4, 0.5) is 0 Å². The highest BCUT2D eigenvalue weighted by Gasteiger charge is 2.30. The van der Waals surface area contributed by atoms with Crippen molar-refractivity contribution in [2.75, 3.05) is 11.8 Å². The fourth-order valence-corrected chi connectivity index (χ4v) is 9.01. The number of fused-ring (bicyclic) bond motifs is 8. The molecule has 0 saturated carbocycles. The van der Waals surface area contributed by atoms with Gasteiger partial charge in [-0.15, -0.1) is 23.2 Å². The molecule has 1 aliphatic carbocycles. The number of benzene rings is 6. The molecule has 7 rings (SSSR count). The second kappa shape index (κ2) is 21.3. The number of phenols is 2. The Hall–Kier alpha value is -6.62. The number of hydrogen-bond donors (Lipinski definition) is 2. The largest absolute Gasteiger partial charge is 0.507 e. The summed E-state index contributed by atoms with van der Waals surface area (Å²) in [7, 11) is 0. The van der Waals surface area contributed by atoms with Crippen LogP contribution in [0.1, 0.15) is 171 Å². The van der Waals surface area contributed by atoms with Crippen LogP contribution in [-0.2, 0) is 56.9 Å². The maximum absolute atomic E-state index is 14.5. The second-order valence-electron chi connectivity index (χ2n) is 23.3. The normalized spacial score (nSPS) is 12.9. The van der Waals surface area contributed by atoms with Crippen molar-refractivity contribution in [3.05, 3.63) is 175 Å². The lowest BCUT2D eigenvalue weighted by atomic mass is 9.79. The van der Waals surface area contributed by atoms with Gasteiger partial charge < -0.3 is 29.2 Å². The van der Waals surface area contributed by atoms with Crippen LogP contribution in [-0.4, -0.2) is 45.9 Å². The highest BCUT2D eigenvalue weighted by atomic mass is 35.5. The summed E-state index contributed by atoms with van der Waals surface area (Å²) in [4.78, 5) is 53.3. The van der Waals surface area contributed by atoms with Crippen LogP contribution in [0.2, 0.25) is 0 Å². The summed E-state index contributed by atoms with van der Waals surface area (Å²) in [6.45, 7) is 25.2. The quantitative estimate of drug-likeness (QED) is 0.0857. The lowest BCUT2D eigenvalue weighted by Crippen LogP contribution is -2.18. The van der Waals surface area contributed by atoms with E-state index in [4.69, 9.17) is 42.1 Å². The van der Waals surface area contributed by atoms with Crippen LogP contribution < -0.4 is 18.9 Å². The zero-order chi connectivity index (χ0) is 54.2. The van der Waals surface area contributed by atoms with Crippen molar-refractivity contribution in [1.82, 2.24) is 0 Å². The summed E-state index contributed by atoms with van der Waals surface area (Å²) in [5.41, 5.74) is 7.11. The smallest absolute Gasteiger partial charge is 0.343 e. The van der Waals surface area contributed by atoms with Gasteiger partial charge in [-0.2, -0.15) is 0 Å². The van der Waals surface area contributed by atoms with Gasteiger partial charge in [-0.25, -0.2) is 9.59 Å². The Kier molecular flexibility index (Phi) is 15.9. The number of rotatable bonds is 8.